The van der Waals surface area contributed by atoms with Gasteiger partial charge in [0.25, 0.3) is 5.91 Å². The van der Waals surface area contributed by atoms with Gasteiger partial charge in [0.1, 0.15) is 10.4 Å². The van der Waals surface area contributed by atoms with Crippen molar-refractivity contribution < 1.29 is 9.59 Å². The summed E-state index contributed by atoms with van der Waals surface area (Å²) >= 11 is 19.4. The smallest absolute Gasteiger partial charge is 0.255 e. The largest absolute Gasteiger partial charge is 0.322 e. The molecule has 0 saturated heterocycles. The summed E-state index contributed by atoms with van der Waals surface area (Å²) in [5, 5.41) is 4.02. The molecule has 1 N–H and O–H groups in total. The molecule has 5 nitrogen and oxygen atoms in total. The van der Waals surface area contributed by atoms with E-state index in [9.17, 15) is 9.59 Å². The number of rotatable bonds is 5. The molecule has 154 valence electrons. The number of amides is 2. The Labute approximate surface area is 188 Å². The van der Waals surface area contributed by atoms with Crippen molar-refractivity contribution in [3.8, 4) is 0 Å². The first-order valence-electron chi connectivity index (χ1n) is 9.63. The second kappa shape index (κ2) is 8.80. The van der Waals surface area contributed by atoms with Crippen molar-refractivity contribution in [1.82, 2.24) is 9.88 Å². The van der Waals surface area contributed by atoms with Crippen molar-refractivity contribution in [3.05, 3.63) is 43.8 Å². The molecule has 2 aromatic rings. The van der Waals surface area contributed by atoms with Gasteiger partial charge >= 0.3 is 0 Å². The average molecular weight is 473 g/mol. The molecule has 4 rings (SSSR count). The van der Waals surface area contributed by atoms with Crippen LogP contribution < -0.4 is 5.32 Å². The third kappa shape index (κ3) is 4.55. The van der Waals surface area contributed by atoms with Crippen molar-refractivity contribution in [2.75, 3.05) is 5.32 Å². The minimum Gasteiger partial charge on any atom is -0.322 e. The molecule has 1 aromatic heterocycles. The van der Waals surface area contributed by atoms with Crippen LogP contribution in [0, 0.1) is 5.92 Å². The Bertz CT molecular complexity index is 943. The number of nitrogens with one attached hydrogen (secondary N) is 1. The SMILES string of the molecule is O=C(Nc1ncc(Cl)s1)[C@H](CC1CCCCC1)N1Cc2cc(Cl)c(Cl)cc2C1=O. The zero-order valence-electron chi connectivity index (χ0n) is 15.6. The molecule has 2 aliphatic rings. The highest BCUT2D eigenvalue weighted by Crippen LogP contribution is 2.35. The molecule has 1 atom stereocenters. The second-order valence-electron chi connectivity index (χ2n) is 7.57. The molecule has 1 aromatic carbocycles. The summed E-state index contributed by atoms with van der Waals surface area (Å²) in [5.74, 6) is -0.00490. The molecule has 0 unspecified atom stereocenters. The first kappa shape index (κ1) is 20.9. The molecule has 29 heavy (non-hydrogen) atoms. The van der Waals surface area contributed by atoms with Gasteiger partial charge in [-0.2, -0.15) is 0 Å². The number of carbonyl (C=O) groups excluding carboxylic acids is 2. The van der Waals surface area contributed by atoms with E-state index in [1.54, 1.807) is 17.0 Å². The lowest BCUT2D eigenvalue weighted by Crippen LogP contribution is -2.45. The molecule has 0 spiro atoms. The number of fused-ring (bicyclic) bond motifs is 1. The fourth-order valence-corrected chi connectivity index (χ4v) is 5.36. The van der Waals surface area contributed by atoms with Crippen LogP contribution in [0.15, 0.2) is 18.3 Å². The fraction of sp³-hybridized carbons (Fsp3) is 0.450. The first-order chi connectivity index (χ1) is 13.9. The van der Waals surface area contributed by atoms with Crippen LogP contribution in [0.5, 0.6) is 0 Å². The van der Waals surface area contributed by atoms with Gasteiger partial charge in [-0.3, -0.25) is 9.59 Å². The Morgan fingerprint density at radius 1 is 1.21 bits per heavy atom. The quantitative estimate of drug-likeness (QED) is 0.577. The summed E-state index contributed by atoms with van der Waals surface area (Å²) in [6.45, 7) is 0.342. The number of anilines is 1. The monoisotopic (exact) mass is 471 g/mol. The van der Waals surface area contributed by atoms with Crippen molar-refractivity contribution in [3.63, 3.8) is 0 Å². The summed E-state index contributed by atoms with van der Waals surface area (Å²) in [4.78, 5) is 32.0. The minimum atomic E-state index is -0.585. The summed E-state index contributed by atoms with van der Waals surface area (Å²) in [5.41, 5.74) is 1.31. The minimum absolute atomic E-state index is 0.188. The summed E-state index contributed by atoms with van der Waals surface area (Å²) < 4.78 is 0.498. The zero-order valence-corrected chi connectivity index (χ0v) is 18.7. The number of hydrogen-bond acceptors (Lipinski definition) is 4. The molecule has 1 aliphatic heterocycles. The summed E-state index contributed by atoms with van der Waals surface area (Å²) in [6.07, 6.45) is 7.86. The fourth-order valence-electron chi connectivity index (χ4n) is 4.20. The van der Waals surface area contributed by atoms with Crippen LogP contribution in [-0.4, -0.2) is 27.7 Å². The lowest BCUT2D eigenvalue weighted by atomic mass is 9.84. The van der Waals surface area contributed by atoms with Gasteiger partial charge in [0.15, 0.2) is 5.13 Å². The van der Waals surface area contributed by atoms with E-state index in [0.29, 0.717) is 44.0 Å². The van der Waals surface area contributed by atoms with Gasteiger partial charge in [-0.1, -0.05) is 78.2 Å². The first-order valence-corrected chi connectivity index (χ1v) is 11.6. The molecule has 1 fully saturated rings. The van der Waals surface area contributed by atoms with Crippen LogP contribution in [0.4, 0.5) is 5.13 Å². The maximum absolute atomic E-state index is 13.2. The number of benzene rings is 1. The normalized spacial score (nSPS) is 18.0. The lowest BCUT2D eigenvalue weighted by Gasteiger charge is -2.31. The average Bonchev–Trinajstić information content (AvgIpc) is 3.24. The topological polar surface area (TPSA) is 62.3 Å². The molecule has 2 heterocycles. The number of hydrogen-bond donors (Lipinski definition) is 1. The Morgan fingerprint density at radius 2 is 1.93 bits per heavy atom. The van der Waals surface area contributed by atoms with Gasteiger partial charge in [0.2, 0.25) is 5.91 Å². The number of carbonyl (C=O) groups is 2. The van der Waals surface area contributed by atoms with Crippen LogP contribution in [-0.2, 0) is 11.3 Å². The second-order valence-corrected chi connectivity index (χ2v) is 10.0. The molecule has 2 amide bonds. The summed E-state index contributed by atoms with van der Waals surface area (Å²) in [7, 11) is 0. The van der Waals surface area contributed by atoms with Crippen LogP contribution in [0.3, 0.4) is 0 Å². The van der Waals surface area contributed by atoms with E-state index in [4.69, 9.17) is 34.8 Å². The van der Waals surface area contributed by atoms with Gasteiger partial charge < -0.3 is 10.2 Å². The molecule has 0 radical (unpaired) electrons. The Hall–Kier alpha value is -1.34. The Kier molecular flexibility index (Phi) is 6.35. The highest BCUT2D eigenvalue weighted by molar-refractivity contribution is 7.19. The predicted molar refractivity (Wildman–Crippen MR) is 117 cm³/mol. The molecular formula is C20H20Cl3N3O2S. The van der Waals surface area contributed by atoms with E-state index in [0.717, 1.165) is 18.4 Å². The number of thiazole rings is 1. The molecular weight excluding hydrogens is 453 g/mol. The van der Waals surface area contributed by atoms with Gasteiger partial charge in [-0.15, -0.1) is 0 Å². The third-order valence-corrected chi connectivity index (χ3v) is 7.40. The van der Waals surface area contributed by atoms with Crippen LogP contribution in [0.2, 0.25) is 14.4 Å². The molecule has 1 saturated carbocycles. The standard InChI is InChI=1S/C20H20Cl3N3O2S/c21-14-7-12-10-26(19(28)13(12)8-15(14)22)16(6-11-4-2-1-3-5-11)18(27)25-20-24-9-17(23)29-20/h7-9,11,16H,1-6,10H2,(H,24,25,27)/t16-/m0/s1. The van der Waals surface area contributed by atoms with Crippen molar-refractivity contribution in [2.45, 2.75) is 51.1 Å². The van der Waals surface area contributed by atoms with E-state index < -0.39 is 6.04 Å². The van der Waals surface area contributed by atoms with Crippen molar-refractivity contribution in [1.29, 1.82) is 0 Å². The Balaban J connectivity index is 1.59. The van der Waals surface area contributed by atoms with E-state index in [2.05, 4.69) is 10.3 Å². The van der Waals surface area contributed by atoms with E-state index in [-0.39, 0.29) is 11.8 Å². The maximum Gasteiger partial charge on any atom is 0.255 e. The van der Waals surface area contributed by atoms with Gasteiger partial charge in [-0.25, -0.2) is 4.98 Å². The lowest BCUT2D eigenvalue weighted by molar-refractivity contribution is -0.121. The maximum atomic E-state index is 13.2. The van der Waals surface area contributed by atoms with Crippen molar-refractivity contribution >= 4 is 63.1 Å². The summed E-state index contributed by atoms with van der Waals surface area (Å²) in [6, 6.07) is 2.73. The van der Waals surface area contributed by atoms with Crippen molar-refractivity contribution in [2.24, 2.45) is 5.92 Å². The zero-order chi connectivity index (χ0) is 20.5. The third-order valence-electron chi connectivity index (χ3n) is 5.65. The van der Waals surface area contributed by atoms with Crippen LogP contribution >= 0.6 is 46.1 Å². The number of halogens is 3. The van der Waals surface area contributed by atoms with E-state index in [1.165, 1.54) is 36.8 Å². The highest BCUT2D eigenvalue weighted by Gasteiger charge is 2.38. The van der Waals surface area contributed by atoms with E-state index in [1.807, 2.05) is 0 Å². The number of aromatic nitrogens is 1. The van der Waals surface area contributed by atoms with Crippen LogP contribution in [0.25, 0.3) is 0 Å². The molecule has 1 aliphatic carbocycles. The van der Waals surface area contributed by atoms with Gasteiger partial charge in [-0.05, 0) is 30.0 Å². The van der Waals surface area contributed by atoms with Gasteiger partial charge in [0.05, 0.1) is 16.2 Å². The van der Waals surface area contributed by atoms with Crippen LogP contribution in [0.1, 0.15) is 54.4 Å². The van der Waals surface area contributed by atoms with E-state index >= 15 is 0 Å². The Morgan fingerprint density at radius 3 is 2.62 bits per heavy atom. The number of nitrogens with zero attached hydrogens (tertiary/aromatic N) is 2. The predicted octanol–water partition coefficient (Wildman–Crippen LogP) is 6.04. The molecule has 0 bridgehead atoms. The highest BCUT2D eigenvalue weighted by atomic mass is 35.5. The molecule has 9 heteroatoms. The van der Waals surface area contributed by atoms with Gasteiger partial charge in [0, 0.05) is 12.1 Å².